The molecule has 0 aromatic carbocycles. The van der Waals surface area contributed by atoms with Crippen LogP contribution >= 0.6 is 0 Å². The molecule has 1 fully saturated rings. The maximum Gasteiger partial charge on any atom is 0.213 e. The van der Waals surface area contributed by atoms with Gasteiger partial charge in [-0.25, -0.2) is 27.7 Å². The number of hydrogen-bond donors (Lipinski definition) is 1. The Morgan fingerprint density at radius 1 is 1.29 bits per heavy atom. The van der Waals surface area contributed by atoms with Gasteiger partial charge in [-0.15, -0.1) is 0 Å². The van der Waals surface area contributed by atoms with Crippen molar-refractivity contribution in [1.29, 1.82) is 5.26 Å². The van der Waals surface area contributed by atoms with Gasteiger partial charge in [0.25, 0.3) is 0 Å². The Morgan fingerprint density at radius 2 is 2.07 bits per heavy atom. The minimum atomic E-state index is -3.23. The Hall–Kier alpha value is -2.84. The second-order valence-electron chi connectivity index (χ2n) is 6.88. The molecule has 0 amide bonds. The first-order valence-corrected chi connectivity index (χ1v) is 10.6. The molecule has 3 aromatic rings. The summed E-state index contributed by atoms with van der Waals surface area (Å²) < 4.78 is 27.8. The molecule has 0 spiro atoms. The average Bonchev–Trinajstić information content (AvgIpc) is 3.38. The van der Waals surface area contributed by atoms with Crippen LogP contribution in [0.2, 0.25) is 0 Å². The van der Waals surface area contributed by atoms with Gasteiger partial charge in [-0.1, -0.05) is 0 Å². The molecule has 4 rings (SSSR count). The minimum Gasteiger partial charge on any atom is -0.330 e. The van der Waals surface area contributed by atoms with Gasteiger partial charge < -0.3 is 4.57 Å². The zero-order valence-electron chi connectivity index (χ0n) is 15.4. The molecule has 0 unspecified atom stereocenters. The number of hydrogen-bond acceptors (Lipinski definition) is 7. The van der Waals surface area contributed by atoms with Gasteiger partial charge in [0.2, 0.25) is 10.0 Å². The number of aromatic amines is 1. The van der Waals surface area contributed by atoms with E-state index in [-0.39, 0.29) is 12.2 Å². The molecule has 0 atom stereocenters. The van der Waals surface area contributed by atoms with Gasteiger partial charge >= 0.3 is 0 Å². The second-order valence-corrected chi connectivity index (χ2v) is 9.14. The second kappa shape index (κ2) is 6.96. The number of H-pyrrole nitrogens is 1. The number of nitriles is 1. The van der Waals surface area contributed by atoms with Crippen LogP contribution in [-0.2, 0) is 15.6 Å². The molecule has 1 saturated heterocycles. The van der Waals surface area contributed by atoms with Crippen LogP contribution in [0.15, 0.2) is 25.0 Å². The van der Waals surface area contributed by atoms with Crippen molar-refractivity contribution in [3.8, 4) is 17.5 Å². The van der Waals surface area contributed by atoms with Crippen molar-refractivity contribution >= 4 is 21.1 Å². The summed E-state index contributed by atoms with van der Waals surface area (Å²) in [6.45, 7) is 2.43. The third kappa shape index (κ3) is 3.04. The van der Waals surface area contributed by atoms with Gasteiger partial charge in [-0.3, -0.25) is 5.10 Å². The molecule has 3 aromatic heterocycles. The Morgan fingerprint density at radius 3 is 2.79 bits per heavy atom. The van der Waals surface area contributed by atoms with Crippen LogP contribution < -0.4 is 0 Å². The number of piperidine rings is 1. The van der Waals surface area contributed by atoms with E-state index in [1.807, 2.05) is 10.8 Å². The van der Waals surface area contributed by atoms with E-state index >= 15 is 0 Å². The van der Waals surface area contributed by atoms with Crippen molar-refractivity contribution in [1.82, 2.24) is 34.0 Å². The number of aromatic nitrogens is 6. The molecule has 146 valence electrons. The quantitative estimate of drug-likeness (QED) is 0.681. The van der Waals surface area contributed by atoms with E-state index in [4.69, 9.17) is 0 Å². The number of rotatable bonds is 5. The van der Waals surface area contributed by atoms with Gasteiger partial charge in [0, 0.05) is 19.3 Å². The topological polar surface area (TPSA) is 133 Å². The molecule has 0 bridgehead atoms. The van der Waals surface area contributed by atoms with Crippen molar-refractivity contribution in [3.05, 3.63) is 25.0 Å². The Balaban J connectivity index is 1.66. The van der Waals surface area contributed by atoms with Gasteiger partial charge in [-0.05, 0) is 19.8 Å². The third-order valence-corrected chi connectivity index (χ3v) is 7.32. The van der Waals surface area contributed by atoms with Gasteiger partial charge in [0.05, 0.1) is 41.7 Å². The molecule has 0 saturated carbocycles. The van der Waals surface area contributed by atoms with Crippen LogP contribution in [0, 0.1) is 11.3 Å². The summed E-state index contributed by atoms with van der Waals surface area (Å²) in [7, 11) is -3.23. The minimum absolute atomic E-state index is 0.0852. The van der Waals surface area contributed by atoms with Gasteiger partial charge in [-0.2, -0.15) is 10.4 Å². The normalized spacial score (nSPS) is 17.6. The summed E-state index contributed by atoms with van der Waals surface area (Å²) in [5.74, 6) is 0.0852. The van der Waals surface area contributed by atoms with Crippen molar-refractivity contribution in [2.45, 2.75) is 31.7 Å². The molecule has 1 aliphatic rings. The monoisotopic (exact) mass is 400 g/mol. The smallest absolute Gasteiger partial charge is 0.213 e. The lowest BCUT2D eigenvalue weighted by Gasteiger charge is -2.40. The lowest BCUT2D eigenvalue weighted by Crippen LogP contribution is -2.48. The van der Waals surface area contributed by atoms with Crippen LogP contribution in [-0.4, -0.2) is 61.3 Å². The average molecular weight is 400 g/mol. The van der Waals surface area contributed by atoms with Crippen molar-refractivity contribution in [2.24, 2.45) is 0 Å². The molecule has 11 heteroatoms. The number of nitrogens with zero attached hydrogens (tertiary/aromatic N) is 7. The highest BCUT2D eigenvalue weighted by atomic mass is 32.2. The van der Waals surface area contributed by atoms with Gasteiger partial charge in [0.15, 0.2) is 5.65 Å². The summed E-state index contributed by atoms with van der Waals surface area (Å²) in [6, 6.07) is 2.26. The van der Waals surface area contributed by atoms with E-state index < -0.39 is 15.6 Å². The molecule has 4 heterocycles. The standard InChI is InChI=1S/C17H20N8O2S/c1-2-28(26,27)25-7-4-17(3-6-18,5-8-25)24-10-14(21-12-24)15-13-9-22-23-16(13)20-11-19-15/h9-12H,2-5,7-8H2,1H3,(H,19,20,22,23). The van der Waals surface area contributed by atoms with Crippen LogP contribution in [0.5, 0.6) is 0 Å². The number of fused-ring (bicyclic) bond motifs is 1. The Bertz CT molecular complexity index is 1140. The summed E-state index contributed by atoms with van der Waals surface area (Å²) in [4.78, 5) is 13.0. The number of sulfonamides is 1. The molecular formula is C17H20N8O2S. The van der Waals surface area contributed by atoms with E-state index in [1.165, 1.54) is 10.6 Å². The highest BCUT2D eigenvalue weighted by molar-refractivity contribution is 7.89. The van der Waals surface area contributed by atoms with Crippen LogP contribution in [0.3, 0.4) is 0 Å². The van der Waals surface area contributed by atoms with E-state index in [0.717, 1.165) is 5.39 Å². The predicted octanol–water partition coefficient (Wildman–Crippen LogP) is 1.27. The van der Waals surface area contributed by atoms with Crippen molar-refractivity contribution in [2.75, 3.05) is 18.8 Å². The summed E-state index contributed by atoms with van der Waals surface area (Å²) in [6.07, 6.45) is 8.08. The largest absolute Gasteiger partial charge is 0.330 e. The predicted molar refractivity (Wildman–Crippen MR) is 101 cm³/mol. The molecule has 0 aliphatic carbocycles. The first-order chi connectivity index (χ1) is 13.5. The lowest BCUT2D eigenvalue weighted by atomic mass is 9.85. The molecule has 10 nitrogen and oxygen atoms in total. The SMILES string of the molecule is CCS(=O)(=O)N1CCC(CC#N)(n2cnc(-c3ncnc4[nH]ncc34)c2)CC1. The number of imidazole rings is 1. The Labute approximate surface area is 162 Å². The fourth-order valence-corrected chi connectivity index (χ4v) is 4.81. The first-order valence-electron chi connectivity index (χ1n) is 9.03. The molecule has 1 aliphatic heterocycles. The van der Waals surface area contributed by atoms with Crippen LogP contribution in [0.25, 0.3) is 22.4 Å². The van der Waals surface area contributed by atoms with E-state index in [9.17, 15) is 13.7 Å². The maximum absolute atomic E-state index is 12.2. The molecule has 1 N–H and O–H groups in total. The maximum atomic E-state index is 12.2. The van der Waals surface area contributed by atoms with E-state index in [1.54, 1.807) is 19.4 Å². The highest BCUT2D eigenvalue weighted by Crippen LogP contribution is 2.35. The van der Waals surface area contributed by atoms with Crippen LogP contribution in [0.1, 0.15) is 26.2 Å². The molecule has 28 heavy (non-hydrogen) atoms. The fourth-order valence-electron chi connectivity index (χ4n) is 3.71. The number of nitrogens with one attached hydrogen (secondary N) is 1. The Kier molecular flexibility index (Phi) is 4.60. The van der Waals surface area contributed by atoms with Crippen LogP contribution in [0.4, 0.5) is 0 Å². The lowest BCUT2D eigenvalue weighted by molar-refractivity contribution is 0.163. The summed E-state index contributed by atoms with van der Waals surface area (Å²) in [5, 5.41) is 17.0. The van der Waals surface area contributed by atoms with Crippen molar-refractivity contribution in [3.63, 3.8) is 0 Å². The highest BCUT2D eigenvalue weighted by Gasteiger charge is 2.39. The molecule has 0 radical (unpaired) electrons. The van der Waals surface area contributed by atoms with E-state index in [2.05, 4.69) is 31.2 Å². The van der Waals surface area contributed by atoms with E-state index in [0.29, 0.717) is 43.0 Å². The molecular weight excluding hydrogens is 380 g/mol. The summed E-state index contributed by atoms with van der Waals surface area (Å²) >= 11 is 0. The fraction of sp³-hybridized carbons (Fsp3) is 0.471. The summed E-state index contributed by atoms with van der Waals surface area (Å²) in [5.41, 5.74) is 1.47. The zero-order valence-corrected chi connectivity index (χ0v) is 16.2. The third-order valence-electron chi connectivity index (χ3n) is 5.44. The zero-order chi connectivity index (χ0) is 19.8. The van der Waals surface area contributed by atoms with Crippen molar-refractivity contribution < 1.29 is 8.42 Å². The van der Waals surface area contributed by atoms with Gasteiger partial charge in [0.1, 0.15) is 17.7 Å². The first kappa shape index (κ1) is 18.5.